The fourth-order valence-corrected chi connectivity index (χ4v) is 4.67. The van der Waals surface area contributed by atoms with Crippen molar-refractivity contribution >= 4 is 33.4 Å². The number of amides is 1. The fourth-order valence-electron chi connectivity index (χ4n) is 3.89. The zero-order valence-electron chi connectivity index (χ0n) is 15.9. The summed E-state index contributed by atoms with van der Waals surface area (Å²) < 4.78 is 25.4. The number of carbonyl (C=O) groups excluding carboxylic acids is 1. The number of morpholine rings is 1. The molecule has 0 saturated carbocycles. The zero-order chi connectivity index (χ0) is 20.5. The lowest BCUT2D eigenvalue weighted by Gasteiger charge is -2.46. The topological polar surface area (TPSA) is 42.0 Å². The molecule has 8 heteroatoms. The third kappa shape index (κ3) is 4.14. The number of nitrogens with zero attached hydrogens (tertiary/aromatic N) is 2. The molecule has 154 valence electrons. The van der Waals surface area contributed by atoms with Crippen LogP contribution in [0, 0.1) is 5.82 Å². The van der Waals surface area contributed by atoms with Gasteiger partial charge in [-0.3, -0.25) is 9.69 Å². The number of hydrogen-bond donors (Lipinski definition) is 0. The molecule has 1 amide bonds. The van der Waals surface area contributed by atoms with Gasteiger partial charge in [-0.15, -0.1) is 0 Å². The Morgan fingerprint density at radius 2 is 2.10 bits per heavy atom. The van der Waals surface area contributed by atoms with Crippen molar-refractivity contribution in [2.24, 2.45) is 0 Å². The first-order chi connectivity index (χ1) is 14.0. The van der Waals surface area contributed by atoms with Crippen LogP contribution in [0.25, 0.3) is 0 Å². The Kier molecular flexibility index (Phi) is 6.11. The van der Waals surface area contributed by atoms with Crippen molar-refractivity contribution in [3.63, 3.8) is 0 Å². The second-order valence-corrected chi connectivity index (χ2v) is 8.42. The molecule has 5 nitrogen and oxygen atoms in total. The number of ether oxygens (including phenoxy) is 2. The maximum absolute atomic E-state index is 13.4. The van der Waals surface area contributed by atoms with Crippen LogP contribution < -0.4 is 4.74 Å². The van der Waals surface area contributed by atoms with E-state index in [-0.39, 0.29) is 23.1 Å². The maximum Gasteiger partial charge on any atom is 0.255 e. The molecule has 2 atom stereocenters. The van der Waals surface area contributed by atoms with Crippen molar-refractivity contribution < 1.29 is 18.7 Å². The number of benzene rings is 2. The number of methoxy groups -OCH3 is 1. The molecule has 2 aliphatic rings. The molecule has 0 N–H and O–H groups in total. The monoisotopic (exact) mass is 482 g/mol. The van der Waals surface area contributed by atoms with Gasteiger partial charge in [-0.05, 0) is 45.8 Å². The van der Waals surface area contributed by atoms with E-state index in [9.17, 15) is 9.18 Å². The Labute approximate surface area is 182 Å². The van der Waals surface area contributed by atoms with E-state index in [1.165, 1.54) is 6.07 Å². The molecule has 2 fully saturated rings. The van der Waals surface area contributed by atoms with Gasteiger partial charge in [0.15, 0.2) is 0 Å². The molecule has 2 aromatic rings. The second kappa shape index (κ2) is 8.60. The summed E-state index contributed by atoms with van der Waals surface area (Å²) in [5, 5.41) is 0.104. The number of rotatable bonds is 3. The summed E-state index contributed by atoms with van der Waals surface area (Å²) in [5.74, 6) is 0.180. The van der Waals surface area contributed by atoms with Crippen LogP contribution in [-0.2, 0) is 4.74 Å². The first-order valence-electron chi connectivity index (χ1n) is 9.40. The van der Waals surface area contributed by atoms with Gasteiger partial charge in [-0.2, -0.15) is 0 Å². The zero-order valence-corrected chi connectivity index (χ0v) is 18.2. The first kappa shape index (κ1) is 20.6. The van der Waals surface area contributed by atoms with E-state index >= 15 is 0 Å². The lowest BCUT2D eigenvalue weighted by Crippen LogP contribution is -2.59. The molecular weight excluding hydrogens is 463 g/mol. The summed E-state index contributed by atoms with van der Waals surface area (Å²) in [4.78, 5) is 17.2. The number of fused-ring (bicyclic) bond motifs is 1. The van der Waals surface area contributed by atoms with E-state index < -0.39 is 5.82 Å². The van der Waals surface area contributed by atoms with Gasteiger partial charge in [0, 0.05) is 26.2 Å². The number of halogens is 3. The minimum atomic E-state index is -0.431. The molecule has 2 aliphatic heterocycles. The molecular formula is C21H21BrClFN2O3. The van der Waals surface area contributed by atoms with Crippen molar-refractivity contribution in [1.82, 2.24) is 9.80 Å². The van der Waals surface area contributed by atoms with Crippen LogP contribution in [0.2, 0.25) is 5.02 Å². The van der Waals surface area contributed by atoms with Crippen LogP contribution in [0.3, 0.4) is 0 Å². The van der Waals surface area contributed by atoms with Crippen LogP contribution in [0.5, 0.6) is 5.75 Å². The van der Waals surface area contributed by atoms with E-state index in [1.54, 1.807) is 25.3 Å². The lowest BCUT2D eigenvalue weighted by molar-refractivity contribution is -0.0858. The molecule has 2 aromatic carbocycles. The molecule has 0 aliphatic carbocycles. The fraction of sp³-hybridized carbons (Fsp3) is 0.381. The summed E-state index contributed by atoms with van der Waals surface area (Å²) in [7, 11) is 1.58. The van der Waals surface area contributed by atoms with Crippen molar-refractivity contribution in [3.05, 3.63) is 62.8 Å². The normalized spacial score (nSPS) is 22.3. The summed E-state index contributed by atoms with van der Waals surface area (Å²) in [6.07, 6.45) is -0.154. The van der Waals surface area contributed by atoms with Crippen molar-refractivity contribution in [3.8, 4) is 5.75 Å². The number of carbonyl (C=O) groups is 1. The Balaban J connectivity index is 1.43. The maximum atomic E-state index is 13.4. The lowest BCUT2D eigenvalue weighted by atomic mass is 10.0. The minimum Gasteiger partial charge on any atom is -0.496 e. The van der Waals surface area contributed by atoms with Gasteiger partial charge in [0.2, 0.25) is 0 Å². The Bertz CT molecular complexity index is 929. The highest BCUT2D eigenvalue weighted by Gasteiger charge is 2.36. The van der Waals surface area contributed by atoms with E-state index in [2.05, 4.69) is 20.8 Å². The summed E-state index contributed by atoms with van der Waals surface area (Å²) in [6, 6.07) is 10.3. The van der Waals surface area contributed by atoms with E-state index in [4.69, 9.17) is 21.1 Å². The van der Waals surface area contributed by atoms with Crippen molar-refractivity contribution in [2.45, 2.75) is 12.1 Å². The Hall–Kier alpha value is -1.67. The molecule has 0 radical (unpaired) electrons. The third-order valence-electron chi connectivity index (χ3n) is 5.51. The van der Waals surface area contributed by atoms with Crippen molar-refractivity contribution in [2.75, 3.05) is 39.9 Å². The van der Waals surface area contributed by atoms with Gasteiger partial charge in [-0.1, -0.05) is 23.7 Å². The van der Waals surface area contributed by atoms with Gasteiger partial charge in [0.1, 0.15) is 11.6 Å². The van der Waals surface area contributed by atoms with Gasteiger partial charge >= 0.3 is 0 Å². The quantitative estimate of drug-likeness (QED) is 0.658. The number of hydrogen-bond acceptors (Lipinski definition) is 4. The molecule has 2 unspecified atom stereocenters. The van der Waals surface area contributed by atoms with E-state index in [0.29, 0.717) is 42.0 Å². The molecule has 2 heterocycles. The summed E-state index contributed by atoms with van der Waals surface area (Å²) in [6.45, 7) is 3.18. The smallest absolute Gasteiger partial charge is 0.255 e. The first-order valence-corrected chi connectivity index (χ1v) is 10.6. The van der Waals surface area contributed by atoms with Crippen LogP contribution in [-0.4, -0.2) is 61.6 Å². The average Bonchev–Trinajstić information content (AvgIpc) is 2.74. The average molecular weight is 484 g/mol. The molecule has 29 heavy (non-hydrogen) atoms. The van der Waals surface area contributed by atoms with Gasteiger partial charge in [0.05, 0.1) is 40.9 Å². The summed E-state index contributed by atoms with van der Waals surface area (Å²) in [5.41, 5.74) is 1.46. The largest absolute Gasteiger partial charge is 0.496 e. The van der Waals surface area contributed by atoms with Crippen molar-refractivity contribution in [1.29, 1.82) is 0 Å². The Morgan fingerprint density at radius 3 is 2.86 bits per heavy atom. The highest BCUT2D eigenvalue weighted by Crippen LogP contribution is 2.32. The third-order valence-corrected chi connectivity index (χ3v) is 6.62. The van der Waals surface area contributed by atoms with E-state index in [0.717, 1.165) is 12.1 Å². The van der Waals surface area contributed by atoms with Crippen LogP contribution in [0.15, 0.2) is 40.9 Å². The van der Waals surface area contributed by atoms with Gasteiger partial charge in [0.25, 0.3) is 5.91 Å². The van der Waals surface area contributed by atoms with Crippen LogP contribution >= 0.6 is 27.5 Å². The highest BCUT2D eigenvalue weighted by atomic mass is 79.9. The Morgan fingerprint density at radius 1 is 1.28 bits per heavy atom. The summed E-state index contributed by atoms with van der Waals surface area (Å²) >= 11 is 9.39. The molecule has 4 rings (SSSR count). The van der Waals surface area contributed by atoms with E-state index in [1.807, 2.05) is 17.0 Å². The predicted molar refractivity (Wildman–Crippen MR) is 112 cm³/mol. The second-order valence-electron chi connectivity index (χ2n) is 7.22. The highest BCUT2D eigenvalue weighted by molar-refractivity contribution is 9.10. The van der Waals surface area contributed by atoms with Gasteiger partial charge < -0.3 is 14.4 Å². The molecule has 0 aromatic heterocycles. The predicted octanol–water partition coefficient (Wildman–Crippen LogP) is 4.15. The SMILES string of the molecule is COc1cccc(C(=O)N2CCN3CC(c4ccc(F)c(Cl)c4)OCC3C2)c1Br. The van der Waals surface area contributed by atoms with Crippen LogP contribution in [0.1, 0.15) is 22.0 Å². The standard InChI is InChI=1S/C21H21BrClFN2O3/c1-28-18-4-2-3-15(20(18)22)21(27)26-8-7-25-11-19(29-12-14(25)10-26)13-5-6-17(24)16(23)9-13/h2-6,9,14,19H,7-8,10-12H2,1H3. The molecule has 0 bridgehead atoms. The molecule has 0 spiro atoms. The van der Waals surface area contributed by atoms with Gasteiger partial charge in [-0.25, -0.2) is 4.39 Å². The minimum absolute atomic E-state index is 0.0251. The number of piperazine rings is 1. The molecule has 2 saturated heterocycles. The van der Waals surface area contributed by atoms with Crippen LogP contribution in [0.4, 0.5) is 4.39 Å².